The molecule has 124 valence electrons. The van der Waals surface area contributed by atoms with Crippen LogP contribution in [0.25, 0.3) is 17.0 Å². The molecule has 0 unspecified atom stereocenters. The molecule has 0 bridgehead atoms. The number of carbonyl (C=O) groups is 1. The number of ether oxygens (including phenoxy) is 1. The number of benzene rings is 1. The first-order valence-corrected chi connectivity index (χ1v) is 6.65. The van der Waals surface area contributed by atoms with Crippen LogP contribution in [-0.2, 0) is 4.74 Å². The van der Waals surface area contributed by atoms with Gasteiger partial charge in [0.2, 0.25) is 0 Å². The highest BCUT2D eigenvalue weighted by atomic mass is 19.2. The molecule has 0 amide bonds. The second-order valence-electron chi connectivity index (χ2n) is 4.59. The number of fused-ring (bicyclic) bond motifs is 1. The van der Waals surface area contributed by atoms with Gasteiger partial charge in [-0.2, -0.15) is 0 Å². The van der Waals surface area contributed by atoms with Crippen molar-refractivity contribution >= 4 is 11.7 Å². The van der Waals surface area contributed by atoms with E-state index in [1.54, 1.807) is 6.92 Å². The highest BCUT2D eigenvalue weighted by Gasteiger charge is 2.26. The van der Waals surface area contributed by atoms with Gasteiger partial charge in [-0.15, -0.1) is 10.2 Å². The third kappa shape index (κ3) is 2.36. The van der Waals surface area contributed by atoms with Crippen molar-refractivity contribution in [1.82, 2.24) is 19.6 Å². The molecule has 2 heterocycles. The molecule has 0 saturated carbocycles. The smallest absolute Gasteiger partial charge is 0.341 e. The molecule has 0 aliphatic heterocycles. The Hall–Kier alpha value is -3.04. The number of aromatic nitrogens is 4. The zero-order valence-corrected chi connectivity index (χ0v) is 12.1. The van der Waals surface area contributed by atoms with Crippen molar-refractivity contribution in [1.29, 1.82) is 0 Å². The topological polar surface area (TPSA) is 69.4 Å². The molecule has 0 aliphatic carbocycles. The summed E-state index contributed by atoms with van der Waals surface area (Å²) in [6.45, 7) is 1.55. The van der Waals surface area contributed by atoms with Crippen LogP contribution in [0.5, 0.6) is 0 Å². The minimum Gasteiger partial charge on any atom is -0.462 e. The van der Waals surface area contributed by atoms with Crippen molar-refractivity contribution in [2.75, 3.05) is 6.61 Å². The molecule has 10 heteroatoms. The summed E-state index contributed by atoms with van der Waals surface area (Å²) in [6, 6.07) is 0.436. The van der Waals surface area contributed by atoms with Gasteiger partial charge in [-0.25, -0.2) is 27.3 Å². The van der Waals surface area contributed by atoms with E-state index in [0.29, 0.717) is 6.07 Å². The lowest BCUT2D eigenvalue weighted by molar-refractivity contribution is 0.0526. The number of carbonyl (C=O) groups excluding carboxylic acids is 1. The maximum absolute atomic E-state index is 14.2. The van der Waals surface area contributed by atoms with E-state index in [0.717, 1.165) is 16.9 Å². The lowest BCUT2D eigenvalue weighted by Gasteiger charge is -2.12. The van der Waals surface area contributed by atoms with Gasteiger partial charge in [0.25, 0.3) is 5.78 Å². The third-order valence-corrected chi connectivity index (χ3v) is 3.19. The zero-order chi connectivity index (χ0) is 17.4. The van der Waals surface area contributed by atoms with E-state index < -0.39 is 34.8 Å². The van der Waals surface area contributed by atoms with Crippen LogP contribution in [0.3, 0.4) is 0 Å². The fourth-order valence-electron chi connectivity index (χ4n) is 2.17. The summed E-state index contributed by atoms with van der Waals surface area (Å²) < 4.78 is 60.4. The second-order valence-corrected chi connectivity index (χ2v) is 4.59. The van der Waals surface area contributed by atoms with Gasteiger partial charge in [0, 0.05) is 11.8 Å². The number of esters is 1. The molecular weight excluding hydrogens is 332 g/mol. The lowest BCUT2D eigenvalue weighted by atomic mass is 10.1. The average molecular weight is 340 g/mol. The molecule has 6 nitrogen and oxygen atoms in total. The number of halogens is 4. The molecule has 3 aromatic rings. The minimum absolute atomic E-state index is 0.00705. The second kappa shape index (κ2) is 5.87. The van der Waals surface area contributed by atoms with Gasteiger partial charge in [0.15, 0.2) is 23.3 Å². The van der Waals surface area contributed by atoms with E-state index in [1.807, 2.05) is 0 Å². The van der Waals surface area contributed by atoms with Gasteiger partial charge >= 0.3 is 5.97 Å². The zero-order valence-electron chi connectivity index (χ0n) is 12.1. The standard InChI is InChI=1S/C14H8F4N4O2/c1-2-24-13(23)7-4-19-14-21-20-5-22(14)12(7)6-3-8(15)10(17)11(18)9(6)16/h3-5H,2H2,1H3. The Morgan fingerprint density at radius 1 is 1.21 bits per heavy atom. The Bertz CT molecular complexity index is 958. The lowest BCUT2D eigenvalue weighted by Crippen LogP contribution is -2.12. The van der Waals surface area contributed by atoms with E-state index in [1.165, 1.54) is 0 Å². The van der Waals surface area contributed by atoms with Crippen LogP contribution in [-0.4, -0.2) is 32.2 Å². The van der Waals surface area contributed by atoms with Gasteiger partial charge in [-0.1, -0.05) is 0 Å². The molecule has 0 radical (unpaired) electrons. The Balaban J connectivity index is 2.38. The molecule has 0 N–H and O–H groups in total. The summed E-state index contributed by atoms with van der Waals surface area (Å²) >= 11 is 0. The van der Waals surface area contributed by atoms with Crippen LogP contribution >= 0.6 is 0 Å². The number of rotatable bonds is 3. The fraction of sp³-hybridized carbons (Fsp3) is 0.143. The Kier molecular flexibility index (Phi) is 3.87. The highest BCUT2D eigenvalue weighted by molar-refractivity contribution is 5.96. The summed E-state index contributed by atoms with van der Waals surface area (Å²) in [4.78, 5) is 15.9. The monoisotopic (exact) mass is 340 g/mol. The Morgan fingerprint density at radius 3 is 2.67 bits per heavy atom. The molecule has 24 heavy (non-hydrogen) atoms. The van der Waals surface area contributed by atoms with Crippen LogP contribution in [0.1, 0.15) is 17.3 Å². The van der Waals surface area contributed by atoms with Gasteiger partial charge in [0.1, 0.15) is 11.9 Å². The molecule has 3 rings (SSSR count). The van der Waals surface area contributed by atoms with E-state index >= 15 is 0 Å². The van der Waals surface area contributed by atoms with E-state index in [9.17, 15) is 22.4 Å². The third-order valence-electron chi connectivity index (χ3n) is 3.19. The number of hydrogen-bond donors (Lipinski definition) is 0. The molecular formula is C14H8F4N4O2. The first-order valence-electron chi connectivity index (χ1n) is 6.65. The Morgan fingerprint density at radius 2 is 1.96 bits per heavy atom. The van der Waals surface area contributed by atoms with Crippen molar-refractivity contribution in [2.24, 2.45) is 0 Å². The van der Waals surface area contributed by atoms with Gasteiger partial charge in [0.05, 0.1) is 12.3 Å². The normalized spacial score (nSPS) is 11.0. The van der Waals surface area contributed by atoms with Gasteiger partial charge in [-0.05, 0) is 13.0 Å². The average Bonchev–Trinajstić information content (AvgIpc) is 3.04. The first-order chi connectivity index (χ1) is 11.5. The Labute approximate surface area is 131 Å². The maximum Gasteiger partial charge on any atom is 0.341 e. The fourth-order valence-corrected chi connectivity index (χ4v) is 2.17. The molecule has 0 spiro atoms. The van der Waals surface area contributed by atoms with Crippen molar-refractivity contribution in [2.45, 2.75) is 6.92 Å². The van der Waals surface area contributed by atoms with Crippen LogP contribution in [0.4, 0.5) is 17.6 Å². The number of nitrogens with zero attached hydrogens (tertiary/aromatic N) is 4. The summed E-state index contributed by atoms with van der Waals surface area (Å²) in [5.41, 5.74) is -1.28. The molecule has 0 atom stereocenters. The van der Waals surface area contributed by atoms with Gasteiger partial charge < -0.3 is 4.74 Å². The summed E-state index contributed by atoms with van der Waals surface area (Å²) in [5, 5.41) is 7.15. The predicted molar refractivity (Wildman–Crippen MR) is 72.0 cm³/mol. The molecule has 0 aliphatic rings. The van der Waals surface area contributed by atoms with E-state index in [-0.39, 0.29) is 23.6 Å². The quantitative estimate of drug-likeness (QED) is 0.317. The van der Waals surface area contributed by atoms with Crippen LogP contribution < -0.4 is 0 Å². The molecule has 0 fully saturated rings. The molecule has 2 aromatic heterocycles. The van der Waals surface area contributed by atoms with E-state index in [4.69, 9.17) is 4.74 Å². The SMILES string of the molecule is CCOC(=O)c1cnc2nncn2c1-c1cc(F)c(F)c(F)c1F. The predicted octanol–water partition coefficient (Wildman–Crippen LogP) is 2.52. The van der Waals surface area contributed by atoms with Gasteiger partial charge in [-0.3, -0.25) is 4.40 Å². The summed E-state index contributed by atoms with van der Waals surface area (Å²) in [5.74, 6) is -8.19. The van der Waals surface area contributed by atoms with Crippen molar-refractivity contribution in [3.63, 3.8) is 0 Å². The van der Waals surface area contributed by atoms with Crippen LogP contribution in [0.2, 0.25) is 0 Å². The van der Waals surface area contributed by atoms with Crippen LogP contribution in [0.15, 0.2) is 18.6 Å². The van der Waals surface area contributed by atoms with Crippen molar-refractivity contribution in [3.8, 4) is 11.3 Å². The van der Waals surface area contributed by atoms with Crippen molar-refractivity contribution < 1.29 is 27.1 Å². The van der Waals surface area contributed by atoms with Crippen LogP contribution in [0, 0.1) is 23.3 Å². The maximum atomic E-state index is 14.2. The number of hydrogen-bond acceptors (Lipinski definition) is 5. The molecule has 0 saturated heterocycles. The van der Waals surface area contributed by atoms with E-state index in [2.05, 4.69) is 15.2 Å². The first kappa shape index (κ1) is 15.8. The summed E-state index contributed by atoms with van der Waals surface area (Å²) in [7, 11) is 0. The van der Waals surface area contributed by atoms with Crippen molar-refractivity contribution in [3.05, 3.63) is 47.4 Å². The minimum atomic E-state index is -2.00. The molecule has 1 aromatic carbocycles. The highest BCUT2D eigenvalue weighted by Crippen LogP contribution is 2.30. The summed E-state index contributed by atoms with van der Waals surface area (Å²) in [6.07, 6.45) is 2.08. The largest absolute Gasteiger partial charge is 0.462 e.